The summed E-state index contributed by atoms with van der Waals surface area (Å²) in [6.07, 6.45) is -0.862. The second-order valence-corrected chi connectivity index (χ2v) is 5.19. The predicted octanol–water partition coefficient (Wildman–Crippen LogP) is 1.67. The summed E-state index contributed by atoms with van der Waals surface area (Å²) >= 11 is 0. The van der Waals surface area contributed by atoms with Crippen LogP contribution in [-0.4, -0.2) is 31.0 Å². The number of nitrogens with zero attached hydrogens (tertiary/aromatic N) is 3. The van der Waals surface area contributed by atoms with Crippen molar-refractivity contribution in [2.75, 3.05) is 5.32 Å². The Morgan fingerprint density at radius 2 is 2.14 bits per heavy atom. The van der Waals surface area contributed by atoms with Crippen LogP contribution >= 0.6 is 0 Å². The van der Waals surface area contributed by atoms with Crippen molar-refractivity contribution in [1.82, 2.24) is 20.0 Å². The SMILES string of the molecule is Cc1nn(C)c2n[nH]c(NC(=O)CC(O)c3ccccc3)c12. The monoisotopic (exact) mass is 299 g/mol. The molecule has 1 aromatic carbocycles. The molecule has 2 heterocycles. The number of aliphatic hydroxyl groups excluding tert-OH is 1. The van der Waals surface area contributed by atoms with Gasteiger partial charge < -0.3 is 10.4 Å². The molecular weight excluding hydrogens is 282 g/mol. The normalized spacial score (nSPS) is 12.5. The molecule has 3 rings (SSSR count). The number of aliphatic hydroxyl groups is 1. The van der Waals surface area contributed by atoms with E-state index in [2.05, 4.69) is 20.6 Å². The second-order valence-electron chi connectivity index (χ2n) is 5.19. The van der Waals surface area contributed by atoms with Crippen LogP contribution in [0, 0.1) is 6.92 Å². The zero-order chi connectivity index (χ0) is 15.7. The summed E-state index contributed by atoms with van der Waals surface area (Å²) in [6.45, 7) is 1.85. The van der Waals surface area contributed by atoms with Gasteiger partial charge in [0.2, 0.25) is 5.91 Å². The molecule has 114 valence electrons. The lowest BCUT2D eigenvalue weighted by Crippen LogP contribution is -2.16. The number of nitrogens with one attached hydrogen (secondary N) is 2. The van der Waals surface area contributed by atoms with Crippen LogP contribution in [0.5, 0.6) is 0 Å². The molecule has 0 aliphatic carbocycles. The summed E-state index contributed by atoms with van der Waals surface area (Å²) in [5.41, 5.74) is 2.17. The average molecular weight is 299 g/mol. The third kappa shape index (κ3) is 2.58. The van der Waals surface area contributed by atoms with E-state index >= 15 is 0 Å². The second kappa shape index (κ2) is 5.61. The van der Waals surface area contributed by atoms with Crippen LogP contribution in [0.4, 0.5) is 5.82 Å². The van der Waals surface area contributed by atoms with Gasteiger partial charge in [0, 0.05) is 7.05 Å². The Morgan fingerprint density at radius 1 is 1.41 bits per heavy atom. The van der Waals surface area contributed by atoms with Gasteiger partial charge in [-0.3, -0.25) is 9.89 Å². The first-order valence-corrected chi connectivity index (χ1v) is 6.97. The van der Waals surface area contributed by atoms with Gasteiger partial charge in [-0.2, -0.15) is 10.2 Å². The van der Waals surface area contributed by atoms with Gasteiger partial charge in [-0.05, 0) is 12.5 Å². The van der Waals surface area contributed by atoms with Gasteiger partial charge >= 0.3 is 0 Å². The van der Waals surface area contributed by atoms with Crippen molar-refractivity contribution in [3.8, 4) is 0 Å². The van der Waals surface area contributed by atoms with E-state index in [1.807, 2.05) is 25.1 Å². The number of hydrogen-bond donors (Lipinski definition) is 3. The number of aromatic nitrogens is 4. The number of carbonyl (C=O) groups is 1. The van der Waals surface area contributed by atoms with Crippen molar-refractivity contribution in [2.45, 2.75) is 19.4 Å². The Kier molecular flexibility index (Phi) is 3.64. The van der Waals surface area contributed by atoms with Crippen molar-refractivity contribution in [1.29, 1.82) is 0 Å². The molecule has 0 spiro atoms. The van der Waals surface area contributed by atoms with Crippen LogP contribution in [0.15, 0.2) is 30.3 Å². The molecule has 7 heteroatoms. The summed E-state index contributed by atoms with van der Waals surface area (Å²) in [4.78, 5) is 12.1. The van der Waals surface area contributed by atoms with E-state index in [-0.39, 0.29) is 12.3 Å². The van der Waals surface area contributed by atoms with Crippen LogP contribution in [0.2, 0.25) is 0 Å². The minimum absolute atomic E-state index is 0.0240. The molecule has 0 aliphatic rings. The molecule has 22 heavy (non-hydrogen) atoms. The highest BCUT2D eigenvalue weighted by molar-refractivity contribution is 5.99. The van der Waals surface area contributed by atoms with Gasteiger partial charge in [-0.15, -0.1) is 0 Å². The van der Waals surface area contributed by atoms with Crippen LogP contribution in [-0.2, 0) is 11.8 Å². The van der Waals surface area contributed by atoms with Crippen LogP contribution in [0.3, 0.4) is 0 Å². The zero-order valence-electron chi connectivity index (χ0n) is 12.4. The van der Waals surface area contributed by atoms with Crippen LogP contribution in [0.1, 0.15) is 23.8 Å². The first-order chi connectivity index (χ1) is 10.6. The standard InChI is InChI=1S/C15H17N5O2/c1-9-13-14(17-18-15(13)20(2)19-9)16-12(22)8-11(21)10-6-4-3-5-7-10/h3-7,11,21H,8H2,1-2H3,(H2,16,17,18,22). The predicted molar refractivity (Wildman–Crippen MR) is 82.2 cm³/mol. The molecule has 1 atom stereocenters. The van der Waals surface area contributed by atoms with E-state index in [0.29, 0.717) is 17.0 Å². The first-order valence-electron chi connectivity index (χ1n) is 6.97. The van der Waals surface area contributed by atoms with Gasteiger partial charge in [0.1, 0.15) is 5.82 Å². The number of anilines is 1. The average Bonchev–Trinajstić information content (AvgIpc) is 3.03. The maximum Gasteiger partial charge on any atom is 0.228 e. The molecule has 0 radical (unpaired) electrons. The number of rotatable bonds is 4. The Balaban J connectivity index is 1.74. The third-order valence-corrected chi connectivity index (χ3v) is 3.54. The maximum atomic E-state index is 12.1. The summed E-state index contributed by atoms with van der Waals surface area (Å²) in [5, 5.41) is 24.8. The molecule has 1 unspecified atom stereocenters. The number of benzene rings is 1. The van der Waals surface area contributed by atoms with E-state index in [1.165, 1.54) is 0 Å². The molecule has 0 saturated carbocycles. The van der Waals surface area contributed by atoms with E-state index < -0.39 is 6.10 Å². The first kappa shape index (κ1) is 14.3. The highest BCUT2D eigenvalue weighted by Gasteiger charge is 2.18. The molecule has 1 amide bonds. The molecule has 3 N–H and O–H groups in total. The highest BCUT2D eigenvalue weighted by Crippen LogP contribution is 2.24. The van der Waals surface area contributed by atoms with Gasteiger partial charge in [0.15, 0.2) is 5.65 Å². The minimum atomic E-state index is -0.838. The van der Waals surface area contributed by atoms with Gasteiger partial charge in [0.25, 0.3) is 0 Å². The van der Waals surface area contributed by atoms with E-state index in [4.69, 9.17) is 0 Å². The van der Waals surface area contributed by atoms with E-state index in [1.54, 1.807) is 23.9 Å². The van der Waals surface area contributed by atoms with Crippen molar-refractivity contribution in [3.05, 3.63) is 41.6 Å². The molecular formula is C15H17N5O2. The van der Waals surface area contributed by atoms with Crippen molar-refractivity contribution in [2.24, 2.45) is 7.05 Å². The largest absolute Gasteiger partial charge is 0.388 e. The van der Waals surface area contributed by atoms with Gasteiger partial charge in [-0.1, -0.05) is 30.3 Å². The fraction of sp³-hybridized carbons (Fsp3) is 0.267. The lowest BCUT2D eigenvalue weighted by atomic mass is 10.1. The fourth-order valence-electron chi connectivity index (χ4n) is 2.48. The minimum Gasteiger partial charge on any atom is -0.388 e. The zero-order valence-corrected chi connectivity index (χ0v) is 12.4. The fourth-order valence-corrected chi connectivity index (χ4v) is 2.48. The number of fused-ring (bicyclic) bond motifs is 1. The number of carbonyl (C=O) groups excluding carboxylic acids is 1. The molecule has 3 aromatic rings. The Morgan fingerprint density at radius 3 is 2.86 bits per heavy atom. The van der Waals surface area contributed by atoms with Crippen LogP contribution in [0.25, 0.3) is 11.0 Å². The summed E-state index contributed by atoms with van der Waals surface area (Å²) < 4.78 is 1.65. The number of aromatic amines is 1. The Hall–Kier alpha value is -2.67. The quantitative estimate of drug-likeness (QED) is 0.682. The summed E-state index contributed by atoms with van der Waals surface area (Å²) in [5.74, 6) is 0.219. The Bertz CT molecular complexity index is 806. The molecule has 2 aromatic heterocycles. The van der Waals surface area contributed by atoms with Crippen molar-refractivity contribution >= 4 is 22.8 Å². The lowest BCUT2D eigenvalue weighted by Gasteiger charge is -2.10. The Labute approximate surface area is 127 Å². The van der Waals surface area contributed by atoms with E-state index in [0.717, 1.165) is 11.1 Å². The molecule has 0 bridgehead atoms. The van der Waals surface area contributed by atoms with Crippen LogP contribution < -0.4 is 5.32 Å². The topological polar surface area (TPSA) is 95.8 Å². The highest BCUT2D eigenvalue weighted by atomic mass is 16.3. The summed E-state index contributed by atoms with van der Waals surface area (Å²) in [6, 6.07) is 9.10. The number of amides is 1. The smallest absolute Gasteiger partial charge is 0.228 e. The third-order valence-electron chi connectivity index (χ3n) is 3.54. The van der Waals surface area contributed by atoms with E-state index in [9.17, 15) is 9.90 Å². The summed E-state index contributed by atoms with van der Waals surface area (Å²) in [7, 11) is 1.79. The maximum absolute atomic E-state index is 12.1. The van der Waals surface area contributed by atoms with Crippen molar-refractivity contribution < 1.29 is 9.90 Å². The van der Waals surface area contributed by atoms with Gasteiger partial charge in [0.05, 0.1) is 23.6 Å². The molecule has 7 nitrogen and oxygen atoms in total. The number of hydrogen-bond acceptors (Lipinski definition) is 4. The molecule has 0 saturated heterocycles. The van der Waals surface area contributed by atoms with Gasteiger partial charge in [-0.25, -0.2) is 4.68 Å². The molecule has 0 aliphatic heterocycles. The number of aryl methyl sites for hydroxylation is 2. The lowest BCUT2D eigenvalue weighted by molar-refractivity contribution is -0.118. The number of H-pyrrole nitrogens is 1. The molecule has 0 fully saturated rings. The van der Waals surface area contributed by atoms with Crippen molar-refractivity contribution in [3.63, 3.8) is 0 Å².